The molecule has 0 unspecified atom stereocenters. The number of aromatic nitrogens is 1. The van der Waals surface area contributed by atoms with Gasteiger partial charge in [-0.2, -0.15) is 0 Å². The largest absolute Gasteiger partial charge is 0.494 e. The second-order valence-corrected chi connectivity index (χ2v) is 8.22. The lowest BCUT2D eigenvalue weighted by molar-refractivity contribution is -0.121. The molecule has 32 heavy (non-hydrogen) atoms. The maximum absolute atomic E-state index is 12.6. The summed E-state index contributed by atoms with van der Waals surface area (Å²) in [6.07, 6.45) is 2.63. The van der Waals surface area contributed by atoms with Crippen molar-refractivity contribution in [3.63, 3.8) is 0 Å². The first-order valence-electron chi connectivity index (χ1n) is 11.3. The van der Waals surface area contributed by atoms with E-state index >= 15 is 0 Å². The molecular weight excluding hydrogens is 408 g/mol. The Bertz CT molecular complexity index is 1090. The average Bonchev–Trinajstić information content (AvgIpc) is 3.14. The van der Waals surface area contributed by atoms with Crippen LogP contribution >= 0.6 is 0 Å². The quantitative estimate of drug-likeness (QED) is 0.552. The van der Waals surface area contributed by atoms with E-state index in [-0.39, 0.29) is 17.1 Å². The van der Waals surface area contributed by atoms with Gasteiger partial charge < -0.3 is 19.2 Å². The van der Waals surface area contributed by atoms with Crippen molar-refractivity contribution >= 4 is 17.0 Å². The highest BCUT2D eigenvalue weighted by atomic mass is 16.5. The Labute approximate surface area is 187 Å². The zero-order chi connectivity index (χ0) is 22.4. The maximum atomic E-state index is 12.6. The molecule has 1 fully saturated rings. The molecule has 1 aromatic heterocycles. The fraction of sp³-hybridized carbons (Fsp3) is 0.440. The highest BCUT2D eigenvalue weighted by Crippen LogP contribution is 2.35. The zero-order valence-corrected chi connectivity index (χ0v) is 18.5. The number of carbonyl (C=O) groups is 1. The third kappa shape index (κ3) is 4.88. The predicted molar refractivity (Wildman–Crippen MR) is 122 cm³/mol. The number of nitrogens with one attached hydrogen (secondary N) is 1. The fourth-order valence-electron chi connectivity index (χ4n) is 4.38. The maximum Gasteiger partial charge on any atom is 0.419 e. The van der Waals surface area contributed by atoms with Crippen molar-refractivity contribution in [3.05, 3.63) is 64.6 Å². The fourth-order valence-corrected chi connectivity index (χ4v) is 4.38. The summed E-state index contributed by atoms with van der Waals surface area (Å²) < 4.78 is 18.0. The number of carbonyl (C=O) groups excluding carboxylic acids is 1. The number of oxazole rings is 1. The van der Waals surface area contributed by atoms with Gasteiger partial charge in [0.2, 0.25) is 5.91 Å². The molecule has 1 aliphatic rings. The van der Waals surface area contributed by atoms with E-state index in [2.05, 4.69) is 17.4 Å². The molecule has 0 bridgehead atoms. The molecule has 0 radical (unpaired) electrons. The number of amides is 1. The van der Waals surface area contributed by atoms with E-state index in [4.69, 9.17) is 13.9 Å². The summed E-state index contributed by atoms with van der Waals surface area (Å²) in [7, 11) is 0. The van der Waals surface area contributed by atoms with Crippen LogP contribution in [0, 0.1) is 0 Å². The van der Waals surface area contributed by atoms with Gasteiger partial charge in [-0.05, 0) is 56.0 Å². The molecule has 0 spiro atoms. The molecule has 0 saturated carbocycles. The lowest BCUT2D eigenvalue weighted by atomic mass is 9.74. The molecule has 0 atom stereocenters. The van der Waals surface area contributed by atoms with Crippen LogP contribution in [0.1, 0.15) is 38.2 Å². The number of fused-ring (bicyclic) bond motifs is 1. The summed E-state index contributed by atoms with van der Waals surface area (Å²) in [4.78, 5) is 24.7. The molecule has 1 amide bonds. The standard InChI is InChI=1S/C25H30N2O5/c1-2-31-20-11-9-19(10-12-20)25(13-16-30-17-14-25)18-26-23(28)8-5-15-27-21-6-3-4-7-22(21)32-24(27)29/h3-4,6-7,9-12H,2,5,8,13-18H2,1H3,(H,26,28). The number of aryl methyl sites for hydroxylation is 1. The Hall–Kier alpha value is -3.06. The highest BCUT2D eigenvalue weighted by molar-refractivity contribution is 5.76. The second-order valence-electron chi connectivity index (χ2n) is 8.22. The van der Waals surface area contributed by atoms with Crippen LogP contribution in [0.2, 0.25) is 0 Å². The molecule has 1 N–H and O–H groups in total. The van der Waals surface area contributed by atoms with Crippen LogP contribution < -0.4 is 15.8 Å². The van der Waals surface area contributed by atoms with Gasteiger partial charge in [0.1, 0.15) is 5.75 Å². The van der Waals surface area contributed by atoms with Gasteiger partial charge >= 0.3 is 5.76 Å². The van der Waals surface area contributed by atoms with Gasteiger partial charge in [-0.15, -0.1) is 0 Å². The van der Waals surface area contributed by atoms with Gasteiger partial charge in [0, 0.05) is 38.1 Å². The van der Waals surface area contributed by atoms with Gasteiger partial charge in [-0.3, -0.25) is 9.36 Å². The SMILES string of the molecule is CCOc1ccc(C2(CNC(=O)CCCn3c(=O)oc4ccccc43)CCOCC2)cc1. The van der Waals surface area contributed by atoms with Crippen LogP contribution in [0.15, 0.2) is 57.7 Å². The summed E-state index contributed by atoms with van der Waals surface area (Å²) in [6, 6.07) is 15.5. The van der Waals surface area contributed by atoms with E-state index in [0.29, 0.717) is 51.3 Å². The van der Waals surface area contributed by atoms with Gasteiger partial charge in [0.15, 0.2) is 5.58 Å². The van der Waals surface area contributed by atoms with Crippen LogP contribution in [-0.2, 0) is 21.5 Å². The van der Waals surface area contributed by atoms with E-state index in [1.165, 1.54) is 5.56 Å². The van der Waals surface area contributed by atoms with Crippen molar-refractivity contribution in [2.75, 3.05) is 26.4 Å². The molecule has 1 aliphatic heterocycles. The third-order valence-electron chi connectivity index (χ3n) is 6.21. The predicted octanol–water partition coefficient (Wildman–Crippen LogP) is 3.64. The minimum Gasteiger partial charge on any atom is -0.494 e. The van der Waals surface area contributed by atoms with Crippen molar-refractivity contribution in [2.45, 2.75) is 44.6 Å². The Balaban J connectivity index is 1.35. The summed E-state index contributed by atoms with van der Waals surface area (Å²) in [6.45, 7) is 4.97. The summed E-state index contributed by atoms with van der Waals surface area (Å²) >= 11 is 0. The van der Waals surface area contributed by atoms with E-state index in [1.807, 2.05) is 37.3 Å². The van der Waals surface area contributed by atoms with Crippen LogP contribution in [0.3, 0.4) is 0 Å². The lowest BCUT2D eigenvalue weighted by Gasteiger charge is -2.38. The molecule has 2 aromatic carbocycles. The molecule has 7 heteroatoms. The summed E-state index contributed by atoms with van der Waals surface area (Å²) in [5.74, 6) is 0.454. The zero-order valence-electron chi connectivity index (χ0n) is 18.5. The topological polar surface area (TPSA) is 82.7 Å². The van der Waals surface area contributed by atoms with E-state index in [9.17, 15) is 9.59 Å². The molecule has 0 aliphatic carbocycles. The molecule has 1 saturated heterocycles. The van der Waals surface area contributed by atoms with Gasteiger partial charge in [-0.1, -0.05) is 24.3 Å². The first-order valence-corrected chi connectivity index (χ1v) is 11.3. The number of ether oxygens (including phenoxy) is 2. The van der Waals surface area contributed by atoms with Crippen molar-refractivity contribution < 1.29 is 18.7 Å². The number of nitrogens with zero attached hydrogens (tertiary/aromatic N) is 1. The number of hydrogen-bond acceptors (Lipinski definition) is 5. The number of benzene rings is 2. The first kappa shape index (κ1) is 22.1. The van der Waals surface area contributed by atoms with Gasteiger partial charge in [0.05, 0.1) is 12.1 Å². The Morgan fingerprint density at radius 1 is 1.12 bits per heavy atom. The highest BCUT2D eigenvalue weighted by Gasteiger charge is 2.34. The molecule has 7 nitrogen and oxygen atoms in total. The molecule has 170 valence electrons. The Morgan fingerprint density at radius 2 is 1.88 bits per heavy atom. The van der Waals surface area contributed by atoms with Crippen molar-refractivity contribution in [1.29, 1.82) is 0 Å². The van der Waals surface area contributed by atoms with Crippen LogP contribution in [-0.4, -0.2) is 36.8 Å². The van der Waals surface area contributed by atoms with Gasteiger partial charge in [-0.25, -0.2) is 4.79 Å². The van der Waals surface area contributed by atoms with E-state index < -0.39 is 0 Å². The Morgan fingerprint density at radius 3 is 2.62 bits per heavy atom. The van der Waals surface area contributed by atoms with Crippen molar-refractivity contribution in [1.82, 2.24) is 9.88 Å². The lowest BCUT2D eigenvalue weighted by Crippen LogP contribution is -2.44. The molecule has 3 aromatic rings. The van der Waals surface area contributed by atoms with Crippen LogP contribution in [0.5, 0.6) is 5.75 Å². The number of hydrogen-bond donors (Lipinski definition) is 1. The number of para-hydroxylation sites is 2. The molecule has 2 heterocycles. The minimum absolute atomic E-state index is 0.0114. The Kier molecular flexibility index (Phi) is 6.95. The van der Waals surface area contributed by atoms with Crippen molar-refractivity contribution in [2.24, 2.45) is 0 Å². The average molecular weight is 439 g/mol. The third-order valence-corrected chi connectivity index (χ3v) is 6.21. The van der Waals surface area contributed by atoms with Crippen LogP contribution in [0.25, 0.3) is 11.1 Å². The first-order chi connectivity index (χ1) is 15.6. The monoisotopic (exact) mass is 438 g/mol. The molecule has 4 rings (SSSR count). The van der Waals surface area contributed by atoms with E-state index in [0.717, 1.165) is 24.1 Å². The van der Waals surface area contributed by atoms with Gasteiger partial charge in [0.25, 0.3) is 0 Å². The van der Waals surface area contributed by atoms with Crippen LogP contribution in [0.4, 0.5) is 0 Å². The molecular formula is C25H30N2O5. The van der Waals surface area contributed by atoms with Crippen molar-refractivity contribution in [3.8, 4) is 5.75 Å². The normalized spacial score (nSPS) is 15.5. The summed E-state index contributed by atoms with van der Waals surface area (Å²) in [5, 5.41) is 3.13. The summed E-state index contributed by atoms with van der Waals surface area (Å²) in [5.41, 5.74) is 2.38. The minimum atomic E-state index is -0.386. The number of rotatable bonds is 9. The second kappa shape index (κ2) is 10.0. The smallest absolute Gasteiger partial charge is 0.419 e. The van der Waals surface area contributed by atoms with E-state index in [1.54, 1.807) is 10.6 Å².